The molecule has 0 saturated carbocycles. The lowest BCUT2D eigenvalue weighted by molar-refractivity contribution is -0.00984. The second-order valence-corrected chi connectivity index (χ2v) is 4.91. The fourth-order valence-electron chi connectivity index (χ4n) is 1.77. The third-order valence-electron chi connectivity index (χ3n) is 2.37. The van der Waals surface area contributed by atoms with Crippen molar-refractivity contribution in [2.45, 2.75) is 39.7 Å². The molecule has 4 heteroatoms. The van der Waals surface area contributed by atoms with E-state index in [0.717, 1.165) is 5.57 Å². The van der Waals surface area contributed by atoms with Gasteiger partial charge in [0.15, 0.2) is 5.76 Å². The quantitative estimate of drug-likeness (QED) is 0.684. The molecule has 86 valence electrons. The van der Waals surface area contributed by atoms with Crippen molar-refractivity contribution in [3.05, 3.63) is 22.6 Å². The summed E-state index contributed by atoms with van der Waals surface area (Å²) in [6, 6.07) is 0. The molecular formula is C12H15NO3. The number of cyclic esters (lactones) is 1. The monoisotopic (exact) mass is 221 g/mol. The van der Waals surface area contributed by atoms with E-state index in [-0.39, 0.29) is 5.97 Å². The van der Waals surface area contributed by atoms with E-state index in [1.54, 1.807) is 0 Å². The van der Waals surface area contributed by atoms with E-state index in [1.807, 2.05) is 33.8 Å². The number of rotatable bonds is 1. The second kappa shape index (κ2) is 3.47. The number of esters is 1. The molecule has 0 aromatic carbocycles. The molecule has 1 aliphatic rings. The molecule has 2 rings (SSSR count). The van der Waals surface area contributed by atoms with Gasteiger partial charge in [-0.05, 0) is 33.8 Å². The summed E-state index contributed by atoms with van der Waals surface area (Å²) in [5.74, 6) is 0.272. The number of aromatic nitrogens is 1. The lowest BCUT2D eigenvalue weighted by Crippen LogP contribution is -2.35. The molecule has 1 aromatic rings. The normalized spacial score (nSPS) is 17.6. The maximum atomic E-state index is 11.8. The van der Waals surface area contributed by atoms with Gasteiger partial charge in [-0.1, -0.05) is 10.7 Å². The van der Waals surface area contributed by atoms with Crippen LogP contribution in [-0.4, -0.2) is 16.7 Å². The highest BCUT2D eigenvalue weighted by Gasteiger charge is 2.37. The van der Waals surface area contributed by atoms with Gasteiger partial charge in [-0.25, -0.2) is 4.79 Å². The summed E-state index contributed by atoms with van der Waals surface area (Å²) in [6.45, 7) is 7.60. The van der Waals surface area contributed by atoms with Crippen LogP contribution in [0.4, 0.5) is 0 Å². The first-order valence-electron chi connectivity index (χ1n) is 5.26. The first-order chi connectivity index (χ1) is 7.39. The predicted molar refractivity (Wildman–Crippen MR) is 59.0 cm³/mol. The molecule has 0 radical (unpaired) electrons. The minimum atomic E-state index is -0.508. The van der Waals surface area contributed by atoms with Crippen molar-refractivity contribution in [1.29, 1.82) is 0 Å². The van der Waals surface area contributed by atoms with Crippen LogP contribution >= 0.6 is 0 Å². The number of hydrogen-bond donors (Lipinski definition) is 0. The third kappa shape index (κ3) is 1.87. The highest BCUT2D eigenvalue weighted by atomic mass is 16.6. The molecule has 2 heterocycles. The van der Waals surface area contributed by atoms with Crippen LogP contribution in [0.5, 0.6) is 0 Å². The molecular weight excluding hydrogens is 206 g/mol. The third-order valence-corrected chi connectivity index (χ3v) is 2.37. The van der Waals surface area contributed by atoms with E-state index in [4.69, 9.17) is 9.26 Å². The number of ether oxygens (including phenoxy) is 1. The number of nitrogens with zero attached hydrogens (tertiary/aromatic N) is 1. The van der Waals surface area contributed by atoms with Gasteiger partial charge in [0.2, 0.25) is 0 Å². The topological polar surface area (TPSA) is 52.3 Å². The van der Waals surface area contributed by atoms with E-state index < -0.39 is 5.60 Å². The molecule has 0 amide bonds. The molecule has 0 saturated heterocycles. The van der Waals surface area contributed by atoms with Gasteiger partial charge in [-0.15, -0.1) is 0 Å². The molecule has 0 unspecified atom stereocenters. The maximum absolute atomic E-state index is 11.8. The van der Waals surface area contributed by atoms with E-state index >= 15 is 0 Å². The van der Waals surface area contributed by atoms with Crippen LogP contribution in [0.2, 0.25) is 0 Å². The van der Waals surface area contributed by atoms with E-state index in [0.29, 0.717) is 23.4 Å². The molecule has 4 nitrogen and oxygen atoms in total. The van der Waals surface area contributed by atoms with Gasteiger partial charge in [-0.3, -0.25) is 0 Å². The molecule has 0 fully saturated rings. The minimum Gasteiger partial charge on any atom is -0.455 e. The molecule has 0 aliphatic carbocycles. The fraction of sp³-hybridized carbons (Fsp3) is 0.500. The van der Waals surface area contributed by atoms with Crippen LogP contribution in [0.1, 0.15) is 49.5 Å². The van der Waals surface area contributed by atoms with Crippen molar-refractivity contribution in [2.75, 3.05) is 0 Å². The summed E-state index contributed by atoms with van der Waals surface area (Å²) in [4.78, 5) is 11.8. The Labute approximate surface area is 94.3 Å². The van der Waals surface area contributed by atoms with Crippen LogP contribution in [-0.2, 0) is 11.2 Å². The molecule has 1 aliphatic heterocycles. The molecule has 0 atom stereocenters. The van der Waals surface area contributed by atoms with Crippen LogP contribution in [0, 0.1) is 0 Å². The number of carbonyl (C=O) groups is 1. The Morgan fingerprint density at radius 3 is 2.75 bits per heavy atom. The Kier molecular flexibility index (Phi) is 2.37. The first-order valence-corrected chi connectivity index (χ1v) is 5.26. The SMILES string of the molecule is CC(C)=Cc1noc2c1C(=O)OC(C)(C)C2. The van der Waals surface area contributed by atoms with Crippen molar-refractivity contribution < 1.29 is 14.1 Å². The van der Waals surface area contributed by atoms with Crippen LogP contribution in [0.3, 0.4) is 0 Å². The average molecular weight is 221 g/mol. The lowest BCUT2D eigenvalue weighted by Gasteiger charge is -2.27. The first kappa shape index (κ1) is 10.9. The molecule has 0 N–H and O–H groups in total. The van der Waals surface area contributed by atoms with Gasteiger partial charge < -0.3 is 9.26 Å². The van der Waals surface area contributed by atoms with Crippen molar-refractivity contribution in [3.63, 3.8) is 0 Å². The number of carbonyl (C=O) groups excluding carboxylic acids is 1. The zero-order valence-corrected chi connectivity index (χ0v) is 9.96. The van der Waals surface area contributed by atoms with Gasteiger partial charge in [0.05, 0.1) is 0 Å². The smallest absolute Gasteiger partial charge is 0.344 e. The van der Waals surface area contributed by atoms with E-state index in [2.05, 4.69) is 5.16 Å². The summed E-state index contributed by atoms with van der Waals surface area (Å²) in [5, 5.41) is 3.90. The second-order valence-electron chi connectivity index (χ2n) is 4.91. The Bertz CT molecular complexity index is 465. The molecule has 0 bridgehead atoms. The number of hydrogen-bond acceptors (Lipinski definition) is 4. The standard InChI is InChI=1S/C12H15NO3/c1-7(2)5-8-10-9(16-13-8)6-12(3,4)15-11(10)14/h5H,6H2,1-4H3. The average Bonchev–Trinajstić information content (AvgIpc) is 2.44. The van der Waals surface area contributed by atoms with Crippen molar-refractivity contribution >= 4 is 12.0 Å². The van der Waals surface area contributed by atoms with Crippen LogP contribution in [0.25, 0.3) is 6.08 Å². The summed E-state index contributed by atoms with van der Waals surface area (Å²) >= 11 is 0. The molecule has 1 aromatic heterocycles. The highest BCUT2D eigenvalue weighted by molar-refractivity contribution is 5.95. The molecule has 16 heavy (non-hydrogen) atoms. The van der Waals surface area contributed by atoms with E-state index in [9.17, 15) is 4.79 Å². The Hall–Kier alpha value is -1.58. The van der Waals surface area contributed by atoms with Gasteiger partial charge in [0, 0.05) is 6.42 Å². The highest BCUT2D eigenvalue weighted by Crippen LogP contribution is 2.30. The zero-order valence-electron chi connectivity index (χ0n) is 9.96. The maximum Gasteiger partial charge on any atom is 0.344 e. The van der Waals surface area contributed by atoms with Crippen molar-refractivity contribution in [1.82, 2.24) is 5.16 Å². The minimum absolute atomic E-state index is 0.347. The Morgan fingerprint density at radius 2 is 2.12 bits per heavy atom. The van der Waals surface area contributed by atoms with Gasteiger partial charge in [0.1, 0.15) is 16.9 Å². The largest absolute Gasteiger partial charge is 0.455 e. The van der Waals surface area contributed by atoms with Crippen LogP contribution < -0.4 is 0 Å². The van der Waals surface area contributed by atoms with Gasteiger partial charge in [-0.2, -0.15) is 0 Å². The number of allylic oxidation sites excluding steroid dienone is 1. The summed E-state index contributed by atoms with van der Waals surface area (Å²) < 4.78 is 10.5. The summed E-state index contributed by atoms with van der Waals surface area (Å²) in [6.07, 6.45) is 2.39. The predicted octanol–water partition coefficient (Wildman–Crippen LogP) is 2.59. The van der Waals surface area contributed by atoms with Crippen molar-refractivity contribution in [2.24, 2.45) is 0 Å². The number of fused-ring (bicyclic) bond motifs is 1. The Balaban J connectivity index is 2.48. The van der Waals surface area contributed by atoms with Crippen molar-refractivity contribution in [3.8, 4) is 0 Å². The van der Waals surface area contributed by atoms with Crippen LogP contribution in [0.15, 0.2) is 10.1 Å². The van der Waals surface area contributed by atoms with E-state index in [1.165, 1.54) is 0 Å². The summed E-state index contributed by atoms with van der Waals surface area (Å²) in [5.41, 5.74) is 1.59. The lowest BCUT2D eigenvalue weighted by atomic mass is 9.96. The fourth-order valence-corrected chi connectivity index (χ4v) is 1.77. The van der Waals surface area contributed by atoms with Gasteiger partial charge >= 0.3 is 5.97 Å². The Morgan fingerprint density at radius 1 is 1.44 bits per heavy atom. The summed E-state index contributed by atoms with van der Waals surface area (Å²) in [7, 11) is 0. The molecule has 0 spiro atoms. The zero-order chi connectivity index (χ0) is 11.9. The van der Waals surface area contributed by atoms with Gasteiger partial charge in [0.25, 0.3) is 0 Å².